The van der Waals surface area contributed by atoms with E-state index in [-0.39, 0.29) is 6.54 Å². The smallest absolute Gasteiger partial charge is 0.256 e. The summed E-state index contributed by atoms with van der Waals surface area (Å²) < 4.78 is 26.0. The van der Waals surface area contributed by atoms with Crippen LogP contribution in [0.1, 0.15) is 5.56 Å². The van der Waals surface area contributed by atoms with Gasteiger partial charge in [-0.1, -0.05) is 18.2 Å². The molecule has 5 heteroatoms. The minimum atomic E-state index is -2.57. The van der Waals surface area contributed by atoms with Crippen LogP contribution in [0.15, 0.2) is 35.1 Å². The third kappa shape index (κ3) is 2.19. The lowest BCUT2D eigenvalue weighted by Gasteiger charge is -2.11. The Hall–Kier alpha value is -1.75. The second-order valence-corrected chi connectivity index (χ2v) is 3.74. The second-order valence-electron chi connectivity index (χ2n) is 3.74. The van der Waals surface area contributed by atoms with Crippen LogP contribution in [0.5, 0.6) is 0 Å². The van der Waals surface area contributed by atoms with Gasteiger partial charge >= 0.3 is 0 Å². The number of aromatic nitrogens is 1. The zero-order valence-electron chi connectivity index (χ0n) is 9.07. The van der Waals surface area contributed by atoms with Crippen LogP contribution >= 0.6 is 0 Å². The molecule has 1 aromatic heterocycles. The molecule has 17 heavy (non-hydrogen) atoms. The van der Waals surface area contributed by atoms with Gasteiger partial charge in [0.2, 0.25) is 0 Å². The molecule has 0 unspecified atom stereocenters. The van der Waals surface area contributed by atoms with Crippen LogP contribution in [0.3, 0.4) is 0 Å². The fraction of sp³-hybridized carbons (Fsp3) is 0.250. The van der Waals surface area contributed by atoms with Gasteiger partial charge in [0.05, 0.1) is 12.1 Å². The fourth-order valence-electron chi connectivity index (χ4n) is 1.85. The zero-order chi connectivity index (χ0) is 12.4. The number of hydrogen-bond donors (Lipinski definition) is 1. The third-order valence-electron chi connectivity index (χ3n) is 2.62. The first-order valence-corrected chi connectivity index (χ1v) is 5.23. The van der Waals surface area contributed by atoms with Gasteiger partial charge in [-0.15, -0.1) is 0 Å². The van der Waals surface area contributed by atoms with Gasteiger partial charge in [0.25, 0.3) is 12.0 Å². The van der Waals surface area contributed by atoms with Crippen molar-refractivity contribution in [3.8, 4) is 0 Å². The molecular formula is C12H12F2N2O. The molecule has 0 saturated heterocycles. The van der Waals surface area contributed by atoms with E-state index in [2.05, 4.69) is 0 Å². The van der Waals surface area contributed by atoms with Crippen molar-refractivity contribution < 1.29 is 8.78 Å². The molecule has 0 radical (unpaired) electrons. The van der Waals surface area contributed by atoms with Gasteiger partial charge in [-0.2, -0.15) is 0 Å². The predicted molar refractivity (Wildman–Crippen MR) is 62.1 cm³/mol. The van der Waals surface area contributed by atoms with Gasteiger partial charge in [-0.3, -0.25) is 4.79 Å². The maximum atomic E-state index is 12.5. The van der Waals surface area contributed by atoms with Crippen LogP contribution in [0.25, 0.3) is 10.9 Å². The number of hydrogen-bond acceptors (Lipinski definition) is 2. The average Bonchev–Trinajstić information content (AvgIpc) is 2.32. The van der Waals surface area contributed by atoms with Crippen molar-refractivity contribution in [3.63, 3.8) is 0 Å². The van der Waals surface area contributed by atoms with Gasteiger partial charge in [0.15, 0.2) is 0 Å². The van der Waals surface area contributed by atoms with E-state index in [4.69, 9.17) is 5.73 Å². The van der Waals surface area contributed by atoms with Gasteiger partial charge in [0.1, 0.15) is 0 Å². The van der Waals surface area contributed by atoms with Crippen LogP contribution in [0.4, 0.5) is 8.78 Å². The van der Waals surface area contributed by atoms with Gasteiger partial charge < -0.3 is 10.3 Å². The van der Waals surface area contributed by atoms with E-state index in [0.717, 1.165) is 9.95 Å². The molecule has 0 atom stereocenters. The molecule has 1 heterocycles. The quantitative estimate of drug-likeness (QED) is 0.885. The molecule has 0 aliphatic carbocycles. The SMILES string of the molecule is NCc1cc2ccccc2n(CC(F)F)c1=O. The number of nitrogens with zero attached hydrogens (tertiary/aromatic N) is 1. The summed E-state index contributed by atoms with van der Waals surface area (Å²) >= 11 is 0. The first-order valence-electron chi connectivity index (χ1n) is 5.23. The van der Waals surface area contributed by atoms with E-state index >= 15 is 0 Å². The van der Waals surface area contributed by atoms with Crippen molar-refractivity contribution in [2.24, 2.45) is 5.73 Å². The molecule has 0 aliphatic rings. The predicted octanol–water partition coefficient (Wildman–Crippen LogP) is 1.73. The molecule has 0 aliphatic heterocycles. The van der Waals surface area contributed by atoms with E-state index in [1.54, 1.807) is 30.3 Å². The van der Waals surface area contributed by atoms with Crippen LogP contribution in [-0.2, 0) is 13.1 Å². The number of halogens is 2. The molecule has 0 amide bonds. The highest BCUT2D eigenvalue weighted by molar-refractivity contribution is 5.79. The number of nitrogens with two attached hydrogens (primary N) is 1. The Balaban J connectivity index is 2.75. The minimum Gasteiger partial charge on any atom is -0.326 e. The largest absolute Gasteiger partial charge is 0.326 e. The summed E-state index contributed by atoms with van der Waals surface area (Å²) in [6, 6.07) is 8.58. The molecule has 2 aromatic rings. The number of pyridine rings is 1. The summed E-state index contributed by atoms with van der Waals surface area (Å²) in [4.78, 5) is 11.9. The maximum Gasteiger partial charge on any atom is 0.256 e. The van der Waals surface area contributed by atoms with Crippen LogP contribution in [0.2, 0.25) is 0 Å². The second kappa shape index (κ2) is 4.63. The molecule has 1 aromatic carbocycles. The molecule has 3 nitrogen and oxygen atoms in total. The summed E-state index contributed by atoms with van der Waals surface area (Å²) in [5, 5.41) is 0.744. The zero-order valence-corrected chi connectivity index (χ0v) is 9.07. The van der Waals surface area contributed by atoms with Crippen molar-refractivity contribution >= 4 is 10.9 Å². The summed E-state index contributed by atoms with van der Waals surface area (Å²) in [7, 11) is 0. The van der Waals surface area contributed by atoms with E-state index in [9.17, 15) is 13.6 Å². The third-order valence-corrected chi connectivity index (χ3v) is 2.62. The Bertz CT molecular complexity index is 593. The highest BCUT2D eigenvalue weighted by Gasteiger charge is 2.11. The molecule has 0 saturated carbocycles. The van der Waals surface area contributed by atoms with Crippen molar-refractivity contribution in [1.29, 1.82) is 0 Å². The van der Waals surface area contributed by atoms with Gasteiger partial charge in [-0.05, 0) is 17.5 Å². The summed E-state index contributed by atoms with van der Waals surface area (Å²) in [6.45, 7) is -0.555. The topological polar surface area (TPSA) is 48.0 Å². The summed E-state index contributed by atoms with van der Waals surface area (Å²) in [5.41, 5.74) is 5.86. The van der Waals surface area contributed by atoms with Crippen molar-refractivity contribution in [3.05, 3.63) is 46.2 Å². The molecule has 2 rings (SSSR count). The number of para-hydroxylation sites is 1. The van der Waals surface area contributed by atoms with Crippen molar-refractivity contribution in [2.75, 3.05) is 0 Å². The van der Waals surface area contributed by atoms with Crippen molar-refractivity contribution in [1.82, 2.24) is 4.57 Å². The number of fused-ring (bicyclic) bond motifs is 1. The van der Waals surface area contributed by atoms with Crippen LogP contribution in [-0.4, -0.2) is 11.0 Å². The molecular weight excluding hydrogens is 226 g/mol. The summed E-state index contributed by atoms with van der Waals surface area (Å²) in [5.74, 6) is 0. The monoisotopic (exact) mass is 238 g/mol. The molecule has 0 fully saturated rings. The molecule has 0 bridgehead atoms. The average molecular weight is 238 g/mol. The standard InChI is InChI=1S/C12H12F2N2O/c13-11(14)7-16-10-4-2-1-3-8(10)5-9(6-15)12(16)17/h1-5,11H,6-7,15H2. The molecule has 90 valence electrons. The van der Waals surface area contributed by atoms with Crippen LogP contribution in [0, 0.1) is 0 Å². The van der Waals surface area contributed by atoms with Gasteiger partial charge in [-0.25, -0.2) is 8.78 Å². The Kier molecular flexibility index (Phi) is 3.19. The first-order chi connectivity index (χ1) is 8.13. The Morgan fingerprint density at radius 3 is 2.65 bits per heavy atom. The van der Waals surface area contributed by atoms with E-state index in [0.29, 0.717) is 11.1 Å². The Morgan fingerprint density at radius 2 is 2.00 bits per heavy atom. The lowest BCUT2D eigenvalue weighted by atomic mass is 10.1. The van der Waals surface area contributed by atoms with E-state index in [1.165, 1.54) is 0 Å². The normalized spacial score (nSPS) is 11.3. The lowest BCUT2D eigenvalue weighted by Crippen LogP contribution is -2.27. The van der Waals surface area contributed by atoms with Crippen molar-refractivity contribution in [2.45, 2.75) is 19.5 Å². The Labute approximate surface area is 96.5 Å². The molecule has 2 N–H and O–H groups in total. The number of benzene rings is 1. The highest BCUT2D eigenvalue weighted by atomic mass is 19.3. The van der Waals surface area contributed by atoms with E-state index in [1.807, 2.05) is 0 Å². The van der Waals surface area contributed by atoms with Crippen LogP contribution < -0.4 is 11.3 Å². The fourth-order valence-corrected chi connectivity index (χ4v) is 1.85. The number of rotatable bonds is 3. The number of alkyl halides is 2. The first kappa shape index (κ1) is 11.7. The van der Waals surface area contributed by atoms with E-state index < -0.39 is 18.5 Å². The van der Waals surface area contributed by atoms with Gasteiger partial charge in [0, 0.05) is 12.1 Å². The maximum absolute atomic E-state index is 12.5. The minimum absolute atomic E-state index is 0.0485. The Morgan fingerprint density at radius 1 is 1.29 bits per heavy atom. The lowest BCUT2D eigenvalue weighted by molar-refractivity contribution is 0.127. The highest BCUT2D eigenvalue weighted by Crippen LogP contribution is 2.14. The summed E-state index contributed by atoms with van der Waals surface area (Å²) in [6.07, 6.45) is -2.57. The molecule has 0 spiro atoms.